The second-order valence-corrected chi connectivity index (χ2v) is 13.4. The molecule has 0 aliphatic heterocycles. The van der Waals surface area contributed by atoms with Crippen LogP contribution in [0.15, 0.2) is 24.3 Å². The fourth-order valence-electron chi connectivity index (χ4n) is 4.57. The number of unbranched alkanes of at least 4 members (excludes halogenated alkanes) is 16. The summed E-state index contributed by atoms with van der Waals surface area (Å²) < 4.78 is 32.4. The van der Waals surface area contributed by atoms with Crippen LogP contribution >= 0.6 is 7.82 Å². The van der Waals surface area contributed by atoms with Crippen LogP contribution in [0.2, 0.25) is 0 Å². The zero-order chi connectivity index (χ0) is 34.1. The van der Waals surface area contributed by atoms with Gasteiger partial charge in [-0.3, -0.25) is 18.6 Å². The van der Waals surface area contributed by atoms with Crippen LogP contribution in [0.1, 0.15) is 149 Å². The molecule has 0 radical (unpaired) electrons. The van der Waals surface area contributed by atoms with Crippen LogP contribution in [0.25, 0.3) is 0 Å². The third-order valence-electron chi connectivity index (χ3n) is 7.39. The predicted molar refractivity (Wildman–Crippen MR) is 182 cm³/mol. The largest absolute Gasteiger partial charge is 0.472 e. The van der Waals surface area contributed by atoms with E-state index in [2.05, 4.69) is 42.7 Å². The molecule has 0 bridgehead atoms. The number of carbonyl (C=O) groups is 2. The minimum atomic E-state index is -4.60. The maximum Gasteiger partial charge on any atom is 0.472 e. The molecule has 46 heavy (non-hydrogen) atoms. The van der Waals surface area contributed by atoms with Gasteiger partial charge in [0.15, 0.2) is 6.10 Å². The van der Waals surface area contributed by atoms with Gasteiger partial charge in [0.1, 0.15) is 12.7 Å². The highest BCUT2D eigenvalue weighted by Crippen LogP contribution is 2.43. The molecule has 0 aromatic heterocycles. The highest BCUT2D eigenvalue weighted by molar-refractivity contribution is 7.47. The zero-order valence-corrected chi connectivity index (χ0v) is 29.7. The number of phosphoric ester groups is 1. The SMILES string of the molecule is CCCCCC/C=C/C=C/CCCCCCCC(=O)OC[C@@H](COP(=O)(O)OC[C@H](O)CO)OC(=O)CCCCCCCCCC. The summed E-state index contributed by atoms with van der Waals surface area (Å²) >= 11 is 0. The molecule has 270 valence electrons. The Kier molecular flexibility index (Phi) is 30.9. The van der Waals surface area contributed by atoms with Crippen molar-refractivity contribution in [3.63, 3.8) is 0 Å². The fourth-order valence-corrected chi connectivity index (χ4v) is 5.36. The zero-order valence-electron chi connectivity index (χ0n) is 28.8. The lowest BCUT2D eigenvalue weighted by atomic mass is 10.1. The van der Waals surface area contributed by atoms with Crippen molar-refractivity contribution in [1.29, 1.82) is 0 Å². The Balaban J connectivity index is 4.38. The van der Waals surface area contributed by atoms with Gasteiger partial charge in [-0.05, 0) is 38.5 Å². The van der Waals surface area contributed by atoms with Crippen molar-refractivity contribution in [2.24, 2.45) is 0 Å². The monoisotopic (exact) mass is 676 g/mol. The van der Waals surface area contributed by atoms with E-state index < -0.39 is 51.8 Å². The molecule has 1 unspecified atom stereocenters. The molecule has 0 rings (SSSR count). The minimum Gasteiger partial charge on any atom is -0.462 e. The average molecular weight is 677 g/mol. The van der Waals surface area contributed by atoms with Gasteiger partial charge < -0.3 is 24.6 Å². The second kappa shape index (κ2) is 32.0. The van der Waals surface area contributed by atoms with E-state index in [0.717, 1.165) is 57.8 Å². The van der Waals surface area contributed by atoms with Gasteiger partial charge in [-0.15, -0.1) is 0 Å². The average Bonchev–Trinajstić information content (AvgIpc) is 3.04. The van der Waals surface area contributed by atoms with Gasteiger partial charge in [0.05, 0.1) is 19.8 Å². The van der Waals surface area contributed by atoms with Crippen molar-refractivity contribution < 1.29 is 47.8 Å². The van der Waals surface area contributed by atoms with E-state index in [0.29, 0.717) is 12.8 Å². The van der Waals surface area contributed by atoms with E-state index in [1.165, 1.54) is 51.4 Å². The first kappa shape index (κ1) is 44.5. The topological polar surface area (TPSA) is 149 Å². The van der Waals surface area contributed by atoms with E-state index in [-0.39, 0.29) is 19.4 Å². The number of aliphatic hydroxyl groups is 2. The molecule has 0 aromatic carbocycles. The smallest absolute Gasteiger partial charge is 0.462 e. The van der Waals surface area contributed by atoms with Crippen LogP contribution in [-0.4, -0.2) is 65.7 Å². The summed E-state index contributed by atoms with van der Waals surface area (Å²) in [6.07, 6.45) is 27.4. The van der Waals surface area contributed by atoms with Crippen LogP contribution in [0.4, 0.5) is 0 Å². The van der Waals surface area contributed by atoms with E-state index in [4.69, 9.17) is 19.1 Å². The first-order valence-electron chi connectivity index (χ1n) is 17.8. The number of rotatable bonds is 33. The Bertz CT molecular complexity index is 832. The van der Waals surface area contributed by atoms with Gasteiger partial charge in [-0.2, -0.15) is 0 Å². The molecule has 3 atom stereocenters. The molecular formula is C35H65O10P. The normalized spacial score (nSPS) is 14.5. The van der Waals surface area contributed by atoms with Gasteiger partial charge in [0, 0.05) is 12.8 Å². The molecule has 0 spiro atoms. The Labute approximate surface area is 278 Å². The molecule has 0 aromatic rings. The number of phosphoric acid groups is 1. The molecule has 10 nitrogen and oxygen atoms in total. The van der Waals surface area contributed by atoms with Crippen LogP contribution in [0, 0.1) is 0 Å². The Morgan fingerprint density at radius 1 is 0.652 bits per heavy atom. The van der Waals surface area contributed by atoms with E-state index >= 15 is 0 Å². The molecule has 11 heteroatoms. The molecule has 0 fully saturated rings. The van der Waals surface area contributed by atoms with Crippen LogP contribution in [-0.2, 0) is 32.7 Å². The summed E-state index contributed by atoms with van der Waals surface area (Å²) in [5, 5.41) is 18.2. The first-order valence-corrected chi connectivity index (χ1v) is 19.3. The van der Waals surface area contributed by atoms with Gasteiger partial charge in [-0.1, -0.05) is 122 Å². The van der Waals surface area contributed by atoms with Gasteiger partial charge in [0.2, 0.25) is 0 Å². The number of allylic oxidation sites excluding steroid dienone is 4. The molecule has 0 aliphatic rings. The lowest BCUT2D eigenvalue weighted by Crippen LogP contribution is -2.29. The molecule has 0 amide bonds. The second-order valence-electron chi connectivity index (χ2n) is 11.9. The molecule has 0 heterocycles. The summed E-state index contributed by atoms with van der Waals surface area (Å²) in [5.41, 5.74) is 0. The third kappa shape index (κ3) is 31.1. The highest BCUT2D eigenvalue weighted by atomic mass is 31.2. The van der Waals surface area contributed by atoms with Crippen LogP contribution in [0.3, 0.4) is 0 Å². The highest BCUT2D eigenvalue weighted by Gasteiger charge is 2.27. The maximum atomic E-state index is 12.4. The van der Waals surface area contributed by atoms with E-state index in [1.54, 1.807) is 0 Å². The van der Waals surface area contributed by atoms with Gasteiger partial charge >= 0.3 is 19.8 Å². The van der Waals surface area contributed by atoms with E-state index in [1.807, 2.05) is 0 Å². The number of ether oxygens (including phenoxy) is 2. The van der Waals surface area contributed by atoms with Crippen LogP contribution < -0.4 is 0 Å². The van der Waals surface area contributed by atoms with Crippen LogP contribution in [0.5, 0.6) is 0 Å². The van der Waals surface area contributed by atoms with Crippen molar-refractivity contribution in [2.45, 2.75) is 161 Å². The summed E-state index contributed by atoms with van der Waals surface area (Å²) in [7, 11) is -4.60. The van der Waals surface area contributed by atoms with Crippen molar-refractivity contribution in [2.75, 3.05) is 26.4 Å². The minimum absolute atomic E-state index is 0.182. The standard InChI is InChI=1S/C35H65O10P/c1-3-5-7-9-11-13-14-15-16-17-18-19-21-22-24-26-34(38)42-30-33(31-44-46(40,41)43-29-32(37)28-36)45-35(39)27-25-23-20-12-10-8-6-4-2/h13-16,32-33,36-37H,3-12,17-31H2,1-2H3,(H,40,41)/b14-13+,16-15+/t32-,33+/m1/s1. The summed E-state index contributed by atoms with van der Waals surface area (Å²) in [4.78, 5) is 34.6. The molecule has 0 saturated carbocycles. The lowest BCUT2D eigenvalue weighted by molar-refractivity contribution is -0.161. The van der Waals surface area contributed by atoms with Gasteiger partial charge in [-0.25, -0.2) is 4.57 Å². The quantitative estimate of drug-likeness (QED) is 0.0268. The number of aliphatic hydroxyl groups excluding tert-OH is 2. The van der Waals surface area contributed by atoms with Crippen molar-refractivity contribution in [3.8, 4) is 0 Å². The Hall–Kier alpha value is -1.55. The number of carbonyl (C=O) groups excluding carboxylic acids is 2. The maximum absolute atomic E-state index is 12.4. The summed E-state index contributed by atoms with van der Waals surface area (Å²) in [6, 6.07) is 0. The molecule has 0 saturated heterocycles. The van der Waals surface area contributed by atoms with Crippen molar-refractivity contribution in [3.05, 3.63) is 24.3 Å². The molecule has 3 N–H and O–H groups in total. The summed E-state index contributed by atoms with van der Waals surface area (Å²) in [5.74, 6) is -0.948. The number of esters is 2. The third-order valence-corrected chi connectivity index (χ3v) is 8.34. The van der Waals surface area contributed by atoms with E-state index in [9.17, 15) is 24.2 Å². The predicted octanol–water partition coefficient (Wildman–Crippen LogP) is 8.27. The van der Waals surface area contributed by atoms with Gasteiger partial charge in [0.25, 0.3) is 0 Å². The summed E-state index contributed by atoms with van der Waals surface area (Å²) in [6.45, 7) is 2.28. The Morgan fingerprint density at radius 2 is 1.11 bits per heavy atom. The van der Waals surface area contributed by atoms with Crippen molar-refractivity contribution >= 4 is 19.8 Å². The number of hydrogen-bond acceptors (Lipinski definition) is 9. The Morgan fingerprint density at radius 3 is 1.65 bits per heavy atom. The lowest BCUT2D eigenvalue weighted by Gasteiger charge is -2.20. The molecule has 0 aliphatic carbocycles. The molecular weight excluding hydrogens is 611 g/mol. The number of hydrogen-bond donors (Lipinski definition) is 3. The fraction of sp³-hybridized carbons (Fsp3) is 0.829. The van der Waals surface area contributed by atoms with Crippen molar-refractivity contribution in [1.82, 2.24) is 0 Å². The first-order chi connectivity index (χ1) is 22.2.